The summed E-state index contributed by atoms with van der Waals surface area (Å²) < 4.78 is 28.9. The predicted octanol–water partition coefficient (Wildman–Crippen LogP) is 3.10. The first kappa shape index (κ1) is 14.8. The van der Waals surface area contributed by atoms with Gasteiger partial charge in [0.2, 0.25) is 0 Å². The van der Waals surface area contributed by atoms with Gasteiger partial charge in [-0.2, -0.15) is 0 Å². The standard InChI is InChI=1S/C16H15FO4/c1-19-14-3-5-15(6-4-14)20-8-9-21-16-7-2-13(17)10-12(16)11-18/h2-7,10-11H,8-9H2,1H3. The Morgan fingerprint density at radius 1 is 1.00 bits per heavy atom. The Morgan fingerprint density at radius 3 is 2.33 bits per heavy atom. The molecule has 2 aromatic carbocycles. The summed E-state index contributed by atoms with van der Waals surface area (Å²) in [6, 6.07) is 11.0. The van der Waals surface area contributed by atoms with E-state index < -0.39 is 5.82 Å². The molecule has 0 N–H and O–H groups in total. The fourth-order valence-corrected chi connectivity index (χ4v) is 1.73. The molecule has 2 aromatic rings. The second-order valence-electron chi connectivity index (χ2n) is 4.17. The Balaban J connectivity index is 1.82. The molecule has 4 nitrogen and oxygen atoms in total. The molecule has 0 saturated carbocycles. The minimum atomic E-state index is -0.473. The van der Waals surface area contributed by atoms with Crippen LogP contribution >= 0.6 is 0 Å². The number of carbonyl (C=O) groups is 1. The van der Waals surface area contributed by atoms with Crippen molar-refractivity contribution in [3.63, 3.8) is 0 Å². The van der Waals surface area contributed by atoms with Crippen molar-refractivity contribution in [2.24, 2.45) is 0 Å². The number of carbonyl (C=O) groups excluding carboxylic acids is 1. The van der Waals surface area contributed by atoms with Gasteiger partial charge in [0, 0.05) is 0 Å². The van der Waals surface area contributed by atoms with Gasteiger partial charge in [-0.3, -0.25) is 4.79 Å². The topological polar surface area (TPSA) is 44.8 Å². The number of aldehydes is 1. The monoisotopic (exact) mass is 290 g/mol. The summed E-state index contributed by atoms with van der Waals surface area (Å²) in [7, 11) is 1.59. The van der Waals surface area contributed by atoms with E-state index in [2.05, 4.69) is 0 Å². The molecule has 5 heteroatoms. The third kappa shape index (κ3) is 4.21. The van der Waals surface area contributed by atoms with Crippen LogP contribution in [-0.2, 0) is 0 Å². The summed E-state index contributed by atoms with van der Waals surface area (Å²) in [5, 5.41) is 0. The molecule has 110 valence electrons. The SMILES string of the molecule is COc1ccc(OCCOc2ccc(F)cc2C=O)cc1. The van der Waals surface area contributed by atoms with Crippen molar-refractivity contribution in [2.45, 2.75) is 0 Å². The number of halogens is 1. The largest absolute Gasteiger partial charge is 0.497 e. The lowest BCUT2D eigenvalue weighted by Crippen LogP contribution is -2.10. The summed E-state index contributed by atoms with van der Waals surface area (Å²) >= 11 is 0. The van der Waals surface area contributed by atoms with Gasteiger partial charge in [-0.15, -0.1) is 0 Å². The number of rotatable bonds is 7. The molecule has 0 unspecified atom stereocenters. The second kappa shape index (κ2) is 7.28. The molecule has 0 aromatic heterocycles. The third-order valence-electron chi connectivity index (χ3n) is 2.77. The minimum Gasteiger partial charge on any atom is -0.497 e. The molecule has 0 heterocycles. The lowest BCUT2D eigenvalue weighted by atomic mass is 10.2. The molecule has 0 spiro atoms. The lowest BCUT2D eigenvalue weighted by molar-refractivity contribution is 0.111. The van der Waals surface area contributed by atoms with Crippen molar-refractivity contribution >= 4 is 6.29 Å². The molecular formula is C16H15FO4. The number of benzene rings is 2. The zero-order valence-corrected chi connectivity index (χ0v) is 11.5. The normalized spacial score (nSPS) is 10.0. The van der Waals surface area contributed by atoms with Crippen LogP contribution in [0.5, 0.6) is 17.2 Å². The van der Waals surface area contributed by atoms with E-state index in [0.717, 1.165) is 11.8 Å². The van der Waals surface area contributed by atoms with Gasteiger partial charge >= 0.3 is 0 Å². The van der Waals surface area contributed by atoms with E-state index in [1.165, 1.54) is 12.1 Å². The van der Waals surface area contributed by atoms with Gasteiger partial charge in [0.05, 0.1) is 12.7 Å². The van der Waals surface area contributed by atoms with Crippen molar-refractivity contribution in [3.05, 3.63) is 53.8 Å². The van der Waals surface area contributed by atoms with Crippen LogP contribution in [0.2, 0.25) is 0 Å². The molecule has 21 heavy (non-hydrogen) atoms. The quantitative estimate of drug-likeness (QED) is 0.580. The van der Waals surface area contributed by atoms with E-state index in [0.29, 0.717) is 24.4 Å². The van der Waals surface area contributed by atoms with Gasteiger partial charge < -0.3 is 14.2 Å². The highest BCUT2D eigenvalue weighted by molar-refractivity contribution is 5.79. The number of ether oxygens (including phenoxy) is 3. The maximum atomic E-state index is 13.0. The first-order chi connectivity index (χ1) is 10.2. The molecular weight excluding hydrogens is 275 g/mol. The van der Waals surface area contributed by atoms with Crippen molar-refractivity contribution < 1.29 is 23.4 Å². The van der Waals surface area contributed by atoms with Crippen LogP contribution in [0.4, 0.5) is 4.39 Å². The molecule has 0 fully saturated rings. The highest BCUT2D eigenvalue weighted by Gasteiger charge is 2.04. The van der Waals surface area contributed by atoms with Gasteiger partial charge in [0.1, 0.15) is 36.3 Å². The zero-order valence-electron chi connectivity index (χ0n) is 11.5. The molecule has 0 radical (unpaired) electrons. The summed E-state index contributed by atoms with van der Waals surface area (Å²) in [4.78, 5) is 10.8. The molecule has 0 atom stereocenters. The Kier molecular flexibility index (Phi) is 5.15. The Bertz CT molecular complexity index is 596. The molecule has 0 saturated heterocycles. The van der Waals surface area contributed by atoms with Crippen LogP contribution < -0.4 is 14.2 Å². The van der Waals surface area contributed by atoms with Crippen molar-refractivity contribution in [3.8, 4) is 17.2 Å². The Morgan fingerprint density at radius 2 is 1.67 bits per heavy atom. The molecule has 0 aliphatic rings. The van der Waals surface area contributed by atoms with E-state index in [1.807, 2.05) is 0 Å². The smallest absolute Gasteiger partial charge is 0.153 e. The molecule has 0 aliphatic carbocycles. The third-order valence-corrected chi connectivity index (χ3v) is 2.77. The van der Waals surface area contributed by atoms with Crippen molar-refractivity contribution in [1.29, 1.82) is 0 Å². The number of methoxy groups -OCH3 is 1. The number of hydrogen-bond acceptors (Lipinski definition) is 4. The highest BCUT2D eigenvalue weighted by Crippen LogP contribution is 2.19. The van der Waals surface area contributed by atoms with E-state index >= 15 is 0 Å². The summed E-state index contributed by atoms with van der Waals surface area (Å²) in [6.07, 6.45) is 0.558. The maximum absolute atomic E-state index is 13.0. The molecule has 0 bridgehead atoms. The summed E-state index contributed by atoms with van der Waals surface area (Å²) in [5.74, 6) is 1.30. The van der Waals surface area contributed by atoms with Crippen LogP contribution in [0, 0.1) is 5.82 Å². The average Bonchev–Trinajstić information content (AvgIpc) is 2.53. The highest BCUT2D eigenvalue weighted by atomic mass is 19.1. The first-order valence-electron chi connectivity index (χ1n) is 6.37. The minimum absolute atomic E-state index is 0.180. The van der Waals surface area contributed by atoms with E-state index in [4.69, 9.17) is 14.2 Å². The van der Waals surface area contributed by atoms with Crippen LogP contribution in [0.25, 0.3) is 0 Å². The van der Waals surface area contributed by atoms with E-state index in [-0.39, 0.29) is 12.2 Å². The maximum Gasteiger partial charge on any atom is 0.153 e. The summed E-state index contributed by atoms with van der Waals surface area (Å²) in [5.41, 5.74) is 0.180. The van der Waals surface area contributed by atoms with Gasteiger partial charge in [-0.1, -0.05) is 0 Å². The van der Waals surface area contributed by atoms with Gasteiger partial charge in [-0.25, -0.2) is 4.39 Å². The van der Waals surface area contributed by atoms with Gasteiger partial charge in [0.25, 0.3) is 0 Å². The van der Waals surface area contributed by atoms with Crippen LogP contribution in [0.1, 0.15) is 10.4 Å². The molecule has 2 rings (SSSR count). The number of hydrogen-bond donors (Lipinski definition) is 0. The van der Waals surface area contributed by atoms with Crippen molar-refractivity contribution in [1.82, 2.24) is 0 Å². The van der Waals surface area contributed by atoms with Gasteiger partial charge in [0.15, 0.2) is 6.29 Å². The molecule has 0 amide bonds. The molecule has 0 aliphatic heterocycles. The zero-order chi connectivity index (χ0) is 15.1. The fourth-order valence-electron chi connectivity index (χ4n) is 1.73. The van der Waals surface area contributed by atoms with Crippen LogP contribution in [0.3, 0.4) is 0 Å². The van der Waals surface area contributed by atoms with Crippen LogP contribution in [0.15, 0.2) is 42.5 Å². The lowest BCUT2D eigenvalue weighted by Gasteiger charge is -2.10. The van der Waals surface area contributed by atoms with Gasteiger partial charge in [-0.05, 0) is 42.5 Å². The fraction of sp³-hybridized carbons (Fsp3) is 0.188. The second-order valence-corrected chi connectivity index (χ2v) is 4.17. The van der Waals surface area contributed by atoms with Crippen molar-refractivity contribution in [2.75, 3.05) is 20.3 Å². The Hall–Kier alpha value is -2.56. The average molecular weight is 290 g/mol. The Labute approximate surface area is 122 Å². The van der Waals surface area contributed by atoms with E-state index in [1.54, 1.807) is 31.4 Å². The van der Waals surface area contributed by atoms with Crippen LogP contribution in [-0.4, -0.2) is 26.6 Å². The summed E-state index contributed by atoms with van der Waals surface area (Å²) in [6.45, 7) is 0.556. The van der Waals surface area contributed by atoms with E-state index in [9.17, 15) is 9.18 Å². The predicted molar refractivity (Wildman–Crippen MR) is 75.8 cm³/mol. The first-order valence-corrected chi connectivity index (χ1v) is 6.37.